The van der Waals surface area contributed by atoms with E-state index in [2.05, 4.69) is 0 Å². The Labute approximate surface area is 112 Å². The Morgan fingerprint density at radius 1 is 1.21 bits per heavy atom. The van der Waals surface area contributed by atoms with Crippen LogP contribution in [0.4, 0.5) is 13.2 Å². The number of rotatable bonds is 8. The molecule has 19 heavy (non-hydrogen) atoms. The Morgan fingerprint density at radius 2 is 1.74 bits per heavy atom. The molecular weight excluding hydrogens is 259 g/mol. The molecule has 0 saturated carbocycles. The van der Waals surface area contributed by atoms with E-state index in [9.17, 15) is 18.0 Å². The molecule has 7 heteroatoms. The van der Waals surface area contributed by atoms with E-state index in [4.69, 9.17) is 5.73 Å². The zero-order valence-corrected chi connectivity index (χ0v) is 11.8. The van der Waals surface area contributed by atoms with E-state index in [1.807, 2.05) is 31.0 Å². The van der Waals surface area contributed by atoms with E-state index in [-0.39, 0.29) is 12.1 Å². The first-order valence-electron chi connectivity index (χ1n) is 6.53. The Balaban J connectivity index is 4.59. The van der Waals surface area contributed by atoms with Crippen molar-refractivity contribution in [2.75, 3.05) is 26.2 Å². The molecule has 0 aromatic carbocycles. The summed E-state index contributed by atoms with van der Waals surface area (Å²) in [6, 6.07) is 0. The lowest BCUT2D eigenvalue weighted by atomic mass is 9.90. The van der Waals surface area contributed by atoms with Crippen molar-refractivity contribution in [3.63, 3.8) is 0 Å². The predicted octanol–water partition coefficient (Wildman–Crippen LogP) is 1.50. The fraction of sp³-hybridized carbons (Fsp3) is 0.917. The molecule has 3 N–H and O–H groups in total. The van der Waals surface area contributed by atoms with Gasteiger partial charge < -0.3 is 11.1 Å². The van der Waals surface area contributed by atoms with Crippen molar-refractivity contribution >= 4 is 5.91 Å². The summed E-state index contributed by atoms with van der Waals surface area (Å²) in [7, 11) is 0. The van der Waals surface area contributed by atoms with Crippen molar-refractivity contribution in [1.29, 1.82) is 0 Å². The van der Waals surface area contributed by atoms with Crippen LogP contribution in [-0.2, 0) is 4.79 Å². The average molecular weight is 283 g/mol. The number of likely N-dealkylation sites (N-methyl/N-ethyl adjacent to an activating group) is 1. The van der Waals surface area contributed by atoms with Crippen LogP contribution in [0.1, 0.15) is 33.6 Å². The third-order valence-electron chi connectivity index (χ3n) is 3.57. The van der Waals surface area contributed by atoms with E-state index >= 15 is 0 Å². The SMILES string of the molecule is CCN(CC(=O)NCC(F)(F)F)C(CC)(CC)CN. The third-order valence-corrected chi connectivity index (χ3v) is 3.57. The number of nitrogens with one attached hydrogen (secondary N) is 1. The Bertz CT molecular complexity index is 270. The molecule has 0 aromatic rings. The number of halogens is 3. The minimum Gasteiger partial charge on any atom is -0.346 e. The lowest BCUT2D eigenvalue weighted by Gasteiger charge is -2.41. The lowest BCUT2D eigenvalue weighted by molar-refractivity contribution is -0.140. The van der Waals surface area contributed by atoms with Crippen molar-refractivity contribution in [1.82, 2.24) is 10.2 Å². The summed E-state index contributed by atoms with van der Waals surface area (Å²) in [5.74, 6) is -0.626. The summed E-state index contributed by atoms with van der Waals surface area (Å²) in [5, 5.41) is 1.89. The molecule has 0 radical (unpaired) electrons. The second kappa shape index (κ2) is 7.69. The highest BCUT2D eigenvalue weighted by Crippen LogP contribution is 2.22. The largest absolute Gasteiger partial charge is 0.405 e. The van der Waals surface area contributed by atoms with Gasteiger partial charge in [-0.25, -0.2) is 0 Å². The maximum Gasteiger partial charge on any atom is 0.405 e. The summed E-state index contributed by atoms with van der Waals surface area (Å²) < 4.78 is 36.1. The minimum absolute atomic E-state index is 0.0640. The summed E-state index contributed by atoms with van der Waals surface area (Å²) >= 11 is 0. The number of nitrogens with two attached hydrogens (primary N) is 1. The van der Waals surface area contributed by atoms with E-state index in [1.54, 1.807) is 0 Å². The van der Waals surface area contributed by atoms with Gasteiger partial charge in [-0.05, 0) is 19.4 Å². The Hall–Kier alpha value is -0.820. The molecule has 4 nitrogen and oxygen atoms in total. The van der Waals surface area contributed by atoms with Gasteiger partial charge in [-0.3, -0.25) is 9.69 Å². The molecule has 0 aliphatic heterocycles. The zero-order chi connectivity index (χ0) is 15.1. The standard InChI is InChI=1S/C12H24F3N3O/c1-4-11(5-2,8-16)18(6-3)7-10(19)17-9-12(13,14)15/h4-9,16H2,1-3H3,(H,17,19). The van der Waals surface area contributed by atoms with Crippen molar-refractivity contribution in [3.05, 3.63) is 0 Å². The normalized spacial score (nSPS) is 12.8. The molecule has 0 saturated heterocycles. The van der Waals surface area contributed by atoms with E-state index < -0.39 is 18.6 Å². The van der Waals surface area contributed by atoms with Gasteiger partial charge in [0, 0.05) is 12.1 Å². The molecular formula is C12H24F3N3O. The zero-order valence-electron chi connectivity index (χ0n) is 11.8. The van der Waals surface area contributed by atoms with Gasteiger partial charge in [-0.1, -0.05) is 20.8 Å². The molecule has 0 atom stereocenters. The van der Waals surface area contributed by atoms with Gasteiger partial charge in [0.2, 0.25) is 5.91 Å². The first kappa shape index (κ1) is 18.2. The highest BCUT2D eigenvalue weighted by Gasteiger charge is 2.33. The van der Waals surface area contributed by atoms with Crippen LogP contribution in [0.25, 0.3) is 0 Å². The number of nitrogens with zero attached hydrogens (tertiary/aromatic N) is 1. The molecule has 0 unspecified atom stereocenters. The maximum atomic E-state index is 12.0. The molecule has 0 aliphatic carbocycles. The summed E-state index contributed by atoms with van der Waals surface area (Å²) in [6.45, 7) is 5.38. The van der Waals surface area contributed by atoms with Gasteiger partial charge in [-0.15, -0.1) is 0 Å². The molecule has 0 rings (SSSR count). The van der Waals surface area contributed by atoms with Crippen LogP contribution in [0.15, 0.2) is 0 Å². The van der Waals surface area contributed by atoms with Crippen LogP contribution in [0.2, 0.25) is 0 Å². The van der Waals surface area contributed by atoms with Crippen LogP contribution in [-0.4, -0.2) is 48.7 Å². The van der Waals surface area contributed by atoms with Crippen LogP contribution in [0.3, 0.4) is 0 Å². The predicted molar refractivity (Wildman–Crippen MR) is 68.7 cm³/mol. The van der Waals surface area contributed by atoms with Gasteiger partial charge in [0.1, 0.15) is 6.54 Å². The van der Waals surface area contributed by atoms with Crippen LogP contribution < -0.4 is 11.1 Å². The van der Waals surface area contributed by atoms with Gasteiger partial charge in [0.05, 0.1) is 6.54 Å². The van der Waals surface area contributed by atoms with E-state index in [1.165, 1.54) is 0 Å². The van der Waals surface area contributed by atoms with Crippen molar-refractivity contribution in [2.24, 2.45) is 5.73 Å². The topological polar surface area (TPSA) is 58.4 Å². The number of hydrogen-bond donors (Lipinski definition) is 2. The van der Waals surface area contributed by atoms with E-state index in [0.717, 1.165) is 12.8 Å². The summed E-state index contributed by atoms with van der Waals surface area (Å²) in [6.07, 6.45) is -2.88. The van der Waals surface area contributed by atoms with Crippen LogP contribution in [0, 0.1) is 0 Å². The monoisotopic (exact) mass is 283 g/mol. The van der Waals surface area contributed by atoms with Gasteiger partial charge in [0.15, 0.2) is 0 Å². The number of carbonyl (C=O) groups is 1. The smallest absolute Gasteiger partial charge is 0.346 e. The number of carbonyl (C=O) groups excluding carboxylic acids is 1. The molecule has 0 fully saturated rings. The van der Waals surface area contributed by atoms with Gasteiger partial charge in [-0.2, -0.15) is 13.2 Å². The highest BCUT2D eigenvalue weighted by molar-refractivity contribution is 5.78. The molecule has 0 bridgehead atoms. The lowest BCUT2D eigenvalue weighted by Crippen LogP contribution is -2.56. The van der Waals surface area contributed by atoms with Gasteiger partial charge in [0.25, 0.3) is 0 Å². The maximum absolute atomic E-state index is 12.0. The van der Waals surface area contributed by atoms with E-state index in [0.29, 0.717) is 13.1 Å². The van der Waals surface area contributed by atoms with Crippen molar-refractivity contribution in [2.45, 2.75) is 45.3 Å². The molecule has 0 aliphatic rings. The number of alkyl halides is 3. The Morgan fingerprint density at radius 3 is 2.05 bits per heavy atom. The third kappa shape index (κ3) is 5.78. The van der Waals surface area contributed by atoms with Crippen LogP contribution in [0.5, 0.6) is 0 Å². The molecule has 0 heterocycles. The van der Waals surface area contributed by atoms with Crippen molar-refractivity contribution in [3.8, 4) is 0 Å². The van der Waals surface area contributed by atoms with Gasteiger partial charge >= 0.3 is 6.18 Å². The van der Waals surface area contributed by atoms with Crippen LogP contribution >= 0.6 is 0 Å². The number of amides is 1. The fourth-order valence-corrected chi connectivity index (χ4v) is 2.16. The Kier molecular flexibility index (Phi) is 7.36. The van der Waals surface area contributed by atoms with Crippen molar-refractivity contribution < 1.29 is 18.0 Å². The highest BCUT2D eigenvalue weighted by atomic mass is 19.4. The minimum atomic E-state index is -4.38. The number of hydrogen-bond acceptors (Lipinski definition) is 3. The molecule has 114 valence electrons. The fourth-order valence-electron chi connectivity index (χ4n) is 2.16. The molecule has 1 amide bonds. The second-order valence-electron chi connectivity index (χ2n) is 4.54. The second-order valence-corrected chi connectivity index (χ2v) is 4.54. The first-order valence-corrected chi connectivity index (χ1v) is 6.53. The molecule has 0 spiro atoms. The summed E-state index contributed by atoms with van der Waals surface area (Å²) in [4.78, 5) is 13.4. The summed E-state index contributed by atoms with van der Waals surface area (Å²) in [5.41, 5.74) is 5.44. The first-order chi connectivity index (χ1) is 8.74. The average Bonchev–Trinajstić information content (AvgIpc) is 2.36. The molecule has 0 aromatic heterocycles. The quantitative estimate of drug-likeness (QED) is 0.710.